The zero-order valence-corrected chi connectivity index (χ0v) is 20.4. The summed E-state index contributed by atoms with van der Waals surface area (Å²) in [7, 11) is 1.42. The number of benzene rings is 3. The van der Waals surface area contributed by atoms with E-state index in [0.29, 0.717) is 11.3 Å². The summed E-state index contributed by atoms with van der Waals surface area (Å²) in [4.78, 5) is 12.6. The van der Waals surface area contributed by atoms with Crippen LogP contribution in [0, 0.1) is 25.2 Å². The van der Waals surface area contributed by atoms with Crippen LogP contribution in [0.2, 0.25) is 5.02 Å². The van der Waals surface area contributed by atoms with Gasteiger partial charge in [0.1, 0.15) is 18.2 Å². The Bertz CT molecular complexity index is 1340. The summed E-state index contributed by atoms with van der Waals surface area (Å²) in [5.41, 5.74) is 2.16. The molecule has 0 saturated carbocycles. The number of ether oxygens (including phenoxy) is 2. The smallest absolute Gasteiger partial charge is 0.416 e. The molecule has 0 fully saturated rings. The molecule has 1 N–H and O–H groups in total. The van der Waals surface area contributed by atoms with Crippen LogP contribution in [0.25, 0.3) is 6.08 Å². The van der Waals surface area contributed by atoms with Gasteiger partial charge < -0.3 is 14.8 Å². The summed E-state index contributed by atoms with van der Waals surface area (Å²) in [6.45, 7) is 4.22. The number of carbonyl (C=O) groups is 1. The predicted molar refractivity (Wildman–Crippen MR) is 132 cm³/mol. The number of hydrogen-bond acceptors (Lipinski definition) is 4. The Hall–Kier alpha value is -3.96. The van der Waals surface area contributed by atoms with Gasteiger partial charge in [-0.05, 0) is 61.4 Å². The number of alkyl halides is 3. The van der Waals surface area contributed by atoms with Crippen molar-refractivity contribution >= 4 is 29.3 Å². The van der Waals surface area contributed by atoms with E-state index in [1.54, 1.807) is 6.07 Å². The molecule has 0 aliphatic heterocycles. The first kappa shape index (κ1) is 26.6. The van der Waals surface area contributed by atoms with Gasteiger partial charge in [0.2, 0.25) is 0 Å². The van der Waals surface area contributed by atoms with Crippen LogP contribution in [0.5, 0.6) is 11.5 Å². The van der Waals surface area contributed by atoms with Gasteiger partial charge in [-0.25, -0.2) is 0 Å². The van der Waals surface area contributed by atoms with Crippen molar-refractivity contribution in [3.05, 3.63) is 93.0 Å². The van der Waals surface area contributed by atoms with Crippen molar-refractivity contribution in [3.63, 3.8) is 0 Å². The topological polar surface area (TPSA) is 71.3 Å². The number of anilines is 1. The van der Waals surface area contributed by atoms with E-state index in [-0.39, 0.29) is 28.6 Å². The van der Waals surface area contributed by atoms with Gasteiger partial charge in [-0.2, -0.15) is 18.4 Å². The van der Waals surface area contributed by atoms with Crippen LogP contribution < -0.4 is 14.8 Å². The third-order valence-corrected chi connectivity index (χ3v) is 5.32. The maximum atomic E-state index is 12.9. The molecule has 0 atom stereocenters. The summed E-state index contributed by atoms with van der Waals surface area (Å²) < 4.78 is 50.1. The molecule has 9 heteroatoms. The number of rotatable bonds is 7. The lowest BCUT2D eigenvalue weighted by Gasteiger charge is -2.14. The normalized spacial score (nSPS) is 11.6. The Balaban J connectivity index is 1.82. The molecule has 0 heterocycles. The zero-order valence-electron chi connectivity index (χ0n) is 19.7. The highest BCUT2D eigenvalue weighted by Gasteiger charge is 2.30. The third-order valence-electron chi connectivity index (χ3n) is 5.04. The van der Waals surface area contributed by atoms with E-state index in [9.17, 15) is 23.2 Å². The Labute approximate surface area is 211 Å². The number of halogens is 4. The quantitative estimate of drug-likeness (QED) is 0.269. The van der Waals surface area contributed by atoms with E-state index < -0.39 is 17.6 Å². The Morgan fingerprint density at radius 1 is 1.11 bits per heavy atom. The fraction of sp³-hybridized carbons (Fsp3) is 0.185. The lowest BCUT2D eigenvalue weighted by atomic mass is 10.1. The average Bonchev–Trinajstić information content (AvgIpc) is 2.80. The fourth-order valence-corrected chi connectivity index (χ4v) is 3.83. The van der Waals surface area contributed by atoms with Crippen LogP contribution in [0.4, 0.5) is 18.9 Å². The van der Waals surface area contributed by atoms with Crippen LogP contribution >= 0.6 is 11.6 Å². The molecule has 0 saturated heterocycles. The van der Waals surface area contributed by atoms with Crippen molar-refractivity contribution in [2.24, 2.45) is 0 Å². The lowest BCUT2D eigenvalue weighted by molar-refractivity contribution is -0.137. The molecule has 1 amide bonds. The number of amides is 1. The average molecular weight is 515 g/mol. The molecule has 0 spiro atoms. The van der Waals surface area contributed by atoms with Crippen LogP contribution in [-0.2, 0) is 17.6 Å². The number of nitrogens with one attached hydrogen (secondary N) is 1. The van der Waals surface area contributed by atoms with Gasteiger partial charge in [0, 0.05) is 5.69 Å². The first-order chi connectivity index (χ1) is 17.0. The maximum Gasteiger partial charge on any atom is 0.416 e. The number of nitriles is 1. The van der Waals surface area contributed by atoms with E-state index in [4.69, 9.17) is 21.1 Å². The van der Waals surface area contributed by atoms with Crippen molar-refractivity contribution in [3.8, 4) is 17.6 Å². The molecule has 5 nitrogen and oxygen atoms in total. The van der Waals surface area contributed by atoms with Gasteiger partial charge >= 0.3 is 6.18 Å². The summed E-state index contributed by atoms with van der Waals surface area (Å²) in [6, 6.07) is 15.0. The van der Waals surface area contributed by atoms with E-state index in [2.05, 4.69) is 5.32 Å². The monoisotopic (exact) mass is 514 g/mol. The van der Waals surface area contributed by atoms with Crippen LogP contribution in [-0.4, -0.2) is 13.0 Å². The highest BCUT2D eigenvalue weighted by molar-refractivity contribution is 6.32. The summed E-state index contributed by atoms with van der Waals surface area (Å²) in [5, 5.41) is 12.0. The first-order valence-electron chi connectivity index (χ1n) is 10.7. The second-order valence-electron chi connectivity index (χ2n) is 8.02. The van der Waals surface area contributed by atoms with Gasteiger partial charge in [-0.1, -0.05) is 47.0 Å². The third kappa shape index (κ3) is 6.80. The van der Waals surface area contributed by atoms with Gasteiger partial charge in [-0.3, -0.25) is 4.79 Å². The number of carbonyl (C=O) groups excluding carboxylic acids is 1. The van der Waals surface area contributed by atoms with Crippen LogP contribution in [0.3, 0.4) is 0 Å². The SMILES string of the molecule is COc1cc(/C=C(\C#N)C(=O)Nc2cccc(C(F)(F)F)c2)cc(Cl)c1OCc1cc(C)cc(C)c1. The van der Waals surface area contributed by atoms with Crippen molar-refractivity contribution in [2.75, 3.05) is 12.4 Å². The molecule has 3 aromatic rings. The molecule has 3 rings (SSSR count). The van der Waals surface area contributed by atoms with Gasteiger partial charge in [0.15, 0.2) is 11.5 Å². The van der Waals surface area contributed by atoms with Crippen molar-refractivity contribution < 1.29 is 27.4 Å². The molecule has 0 bridgehead atoms. The molecular weight excluding hydrogens is 493 g/mol. The fourth-order valence-electron chi connectivity index (χ4n) is 3.56. The lowest BCUT2D eigenvalue weighted by Crippen LogP contribution is -2.14. The number of hydrogen-bond donors (Lipinski definition) is 1. The molecule has 0 aliphatic rings. The minimum absolute atomic E-state index is 0.0956. The van der Waals surface area contributed by atoms with E-state index in [1.807, 2.05) is 32.0 Å². The molecule has 0 radical (unpaired) electrons. The molecule has 186 valence electrons. The molecule has 3 aromatic carbocycles. The minimum atomic E-state index is -4.57. The van der Waals surface area contributed by atoms with E-state index in [1.165, 1.54) is 31.4 Å². The van der Waals surface area contributed by atoms with Crippen molar-refractivity contribution in [1.29, 1.82) is 5.26 Å². The second kappa shape index (κ2) is 11.2. The first-order valence-corrected chi connectivity index (χ1v) is 11.1. The van der Waals surface area contributed by atoms with Gasteiger partial charge in [-0.15, -0.1) is 0 Å². The molecule has 0 aliphatic carbocycles. The Morgan fingerprint density at radius 2 is 1.81 bits per heavy atom. The van der Waals surface area contributed by atoms with E-state index >= 15 is 0 Å². The minimum Gasteiger partial charge on any atom is -0.493 e. The molecule has 36 heavy (non-hydrogen) atoms. The number of aryl methyl sites for hydroxylation is 2. The summed E-state index contributed by atoms with van der Waals surface area (Å²) >= 11 is 6.41. The predicted octanol–water partition coefficient (Wildman–Crippen LogP) is 7.11. The molecule has 0 aromatic heterocycles. The van der Waals surface area contributed by atoms with Crippen molar-refractivity contribution in [2.45, 2.75) is 26.6 Å². The summed E-state index contributed by atoms with van der Waals surface area (Å²) in [6.07, 6.45) is -3.31. The number of methoxy groups -OCH3 is 1. The highest BCUT2D eigenvalue weighted by atomic mass is 35.5. The Kier molecular flexibility index (Phi) is 8.28. The maximum absolute atomic E-state index is 12.9. The molecule has 0 unspecified atom stereocenters. The second-order valence-corrected chi connectivity index (χ2v) is 8.43. The van der Waals surface area contributed by atoms with Crippen LogP contribution in [0.15, 0.2) is 60.2 Å². The Morgan fingerprint density at radius 3 is 2.42 bits per heavy atom. The zero-order chi connectivity index (χ0) is 26.5. The molecular formula is C27H22ClF3N2O3. The van der Waals surface area contributed by atoms with Gasteiger partial charge in [0.05, 0.1) is 17.7 Å². The van der Waals surface area contributed by atoms with E-state index in [0.717, 1.165) is 34.9 Å². The standard InChI is InChI=1S/C27H22ClF3N2O3/c1-16-7-17(2)9-19(8-16)15-36-25-23(28)11-18(12-24(25)35-3)10-20(14-32)26(34)33-22-6-4-5-21(13-22)27(29,30)31/h4-13H,15H2,1-3H3,(H,33,34)/b20-10+. The summed E-state index contributed by atoms with van der Waals surface area (Å²) in [5.74, 6) is -0.293. The van der Waals surface area contributed by atoms with Gasteiger partial charge in [0.25, 0.3) is 5.91 Å². The highest BCUT2D eigenvalue weighted by Crippen LogP contribution is 2.38. The number of nitrogens with zero attached hydrogens (tertiary/aromatic N) is 1. The van der Waals surface area contributed by atoms with Crippen LogP contribution in [0.1, 0.15) is 27.8 Å². The largest absolute Gasteiger partial charge is 0.493 e. The van der Waals surface area contributed by atoms with Crippen molar-refractivity contribution in [1.82, 2.24) is 0 Å².